The number of H-pyrrole nitrogens is 1. The summed E-state index contributed by atoms with van der Waals surface area (Å²) in [5, 5.41) is 26.2. The first-order valence-corrected chi connectivity index (χ1v) is 10.3. The molecule has 1 aromatic heterocycles. The minimum absolute atomic E-state index is 0.0273. The maximum atomic E-state index is 14.2. The zero-order chi connectivity index (χ0) is 23.3. The van der Waals surface area contributed by atoms with Crippen molar-refractivity contribution in [2.45, 2.75) is 5.41 Å². The van der Waals surface area contributed by atoms with Crippen LogP contribution in [0.25, 0.3) is 11.3 Å². The Morgan fingerprint density at radius 3 is 2.76 bits per heavy atom. The summed E-state index contributed by atoms with van der Waals surface area (Å²) in [6.07, 6.45) is 0. The van der Waals surface area contributed by atoms with Gasteiger partial charge in [-0.05, 0) is 23.8 Å². The lowest BCUT2D eigenvalue weighted by atomic mass is 9.65. The molecule has 1 amide bonds. The summed E-state index contributed by atoms with van der Waals surface area (Å²) in [6.45, 7) is -0.343. The molecule has 33 heavy (non-hydrogen) atoms. The molecule has 2 aliphatic rings. The molecule has 1 spiro atoms. The predicted molar refractivity (Wildman–Crippen MR) is 118 cm³/mol. The molecule has 10 heteroatoms. The molecular formula is C23H16ClN5O4. The van der Waals surface area contributed by atoms with Gasteiger partial charge in [0, 0.05) is 16.3 Å². The molecular weight excluding hydrogens is 446 g/mol. The van der Waals surface area contributed by atoms with Gasteiger partial charge in [0.1, 0.15) is 17.9 Å². The van der Waals surface area contributed by atoms with Gasteiger partial charge in [0.15, 0.2) is 0 Å². The Hall–Kier alpha value is -4.16. The van der Waals surface area contributed by atoms with Crippen molar-refractivity contribution < 1.29 is 19.1 Å². The topological polar surface area (TPSA) is 132 Å². The van der Waals surface area contributed by atoms with E-state index in [-0.39, 0.29) is 12.4 Å². The smallest absolute Gasteiger partial charge is 0.325 e. The lowest BCUT2D eigenvalue weighted by Gasteiger charge is -2.36. The molecule has 3 heterocycles. The van der Waals surface area contributed by atoms with E-state index < -0.39 is 29.1 Å². The highest BCUT2D eigenvalue weighted by Gasteiger charge is 2.64. The van der Waals surface area contributed by atoms with E-state index in [4.69, 9.17) is 26.5 Å². The van der Waals surface area contributed by atoms with Crippen LogP contribution in [0.1, 0.15) is 11.1 Å². The van der Waals surface area contributed by atoms with E-state index in [0.717, 1.165) is 0 Å². The van der Waals surface area contributed by atoms with Crippen LogP contribution in [0.3, 0.4) is 0 Å². The number of carbonyl (C=O) groups excluding carboxylic acids is 2. The Morgan fingerprint density at radius 1 is 1.33 bits per heavy atom. The van der Waals surface area contributed by atoms with Crippen LogP contribution >= 0.6 is 11.6 Å². The Balaban J connectivity index is 1.83. The Morgan fingerprint density at radius 2 is 2.06 bits per heavy atom. The Bertz CT molecular complexity index is 1360. The van der Waals surface area contributed by atoms with Crippen molar-refractivity contribution in [3.63, 3.8) is 0 Å². The van der Waals surface area contributed by atoms with Crippen LogP contribution in [0, 0.1) is 22.7 Å². The van der Waals surface area contributed by atoms with E-state index in [1.807, 2.05) is 0 Å². The van der Waals surface area contributed by atoms with Crippen LogP contribution in [0.4, 0.5) is 5.69 Å². The minimum Gasteiger partial charge on any atom is -0.468 e. The molecule has 0 bridgehead atoms. The average molecular weight is 462 g/mol. The molecule has 0 fully saturated rings. The molecule has 0 saturated carbocycles. The molecule has 0 saturated heterocycles. The van der Waals surface area contributed by atoms with Gasteiger partial charge in [-0.3, -0.25) is 25.0 Å². The molecule has 2 atom stereocenters. The molecule has 0 radical (unpaired) electrons. The second-order valence-electron chi connectivity index (χ2n) is 7.61. The van der Waals surface area contributed by atoms with E-state index in [1.54, 1.807) is 48.5 Å². The number of amides is 1. The summed E-state index contributed by atoms with van der Waals surface area (Å²) < 4.78 is 10.4. The number of nitrogens with one attached hydrogen (secondary N) is 2. The molecule has 5 rings (SSSR count). The number of rotatable bonds is 3. The summed E-state index contributed by atoms with van der Waals surface area (Å²) in [4.78, 5) is 27.6. The SMILES string of the molecule is COC(=O)CN1C(=O)C2(c3ccccc31)c1c(n[nH]c1-c1ccc(Cl)cc1)OC(=N)C2C#N. The molecule has 9 nitrogen and oxygen atoms in total. The fraction of sp³-hybridized carbons (Fsp3) is 0.174. The van der Waals surface area contributed by atoms with Gasteiger partial charge < -0.3 is 9.47 Å². The largest absolute Gasteiger partial charge is 0.468 e. The van der Waals surface area contributed by atoms with Crippen molar-refractivity contribution in [1.29, 1.82) is 10.7 Å². The third kappa shape index (κ3) is 2.78. The standard InChI is InChI=1S/C23H16ClN5O4/c1-32-17(30)11-29-16-5-3-2-4-14(16)23(22(29)31)15(10-25)20(26)33-21-18(23)19(27-28-21)12-6-8-13(24)9-7-12/h2-9,15,26H,11H2,1H3,(H,27,28). The number of hydrogen-bond donors (Lipinski definition) is 2. The van der Waals surface area contributed by atoms with Gasteiger partial charge in [-0.2, -0.15) is 5.26 Å². The maximum absolute atomic E-state index is 14.2. The summed E-state index contributed by atoms with van der Waals surface area (Å²) in [5.41, 5.74) is 0.743. The number of anilines is 1. The van der Waals surface area contributed by atoms with E-state index in [9.17, 15) is 14.9 Å². The van der Waals surface area contributed by atoms with Crippen molar-refractivity contribution >= 4 is 35.1 Å². The van der Waals surface area contributed by atoms with Crippen LogP contribution in [-0.2, 0) is 19.7 Å². The first-order chi connectivity index (χ1) is 15.9. The number of ether oxygens (including phenoxy) is 2. The second-order valence-corrected chi connectivity index (χ2v) is 8.04. The number of fused-ring (bicyclic) bond motifs is 4. The summed E-state index contributed by atoms with van der Waals surface area (Å²) in [7, 11) is 1.24. The van der Waals surface area contributed by atoms with Crippen molar-refractivity contribution in [2.24, 2.45) is 5.92 Å². The van der Waals surface area contributed by atoms with Gasteiger partial charge in [-0.15, -0.1) is 5.10 Å². The normalized spacial score (nSPS) is 20.8. The third-order valence-corrected chi connectivity index (χ3v) is 6.26. The monoisotopic (exact) mass is 461 g/mol. The van der Waals surface area contributed by atoms with E-state index in [2.05, 4.69) is 16.3 Å². The van der Waals surface area contributed by atoms with Crippen molar-refractivity contribution in [2.75, 3.05) is 18.6 Å². The number of para-hydroxylation sites is 1. The number of halogens is 1. The predicted octanol–water partition coefficient (Wildman–Crippen LogP) is 3.05. The summed E-state index contributed by atoms with van der Waals surface area (Å²) >= 11 is 6.05. The van der Waals surface area contributed by atoms with Crippen molar-refractivity contribution in [3.8, 4) is 23.2 Å². The molecule has 2 aliphatic heterocycles. The number of aromatic nitrogens is 2. The summed E-state index contributed by atoms with van der Waals surface area (Å²) in [5.74, 6) is -2.81. The average Bonchev–Trinajstić information content (AvgIpc) is 3.34. The second kappa shape index (κ2) is 7.46. The lowest BCUT2D eigenvalue weighted by molar-refractivity contribution is -0.140. The lowest BCUT2D eigenvalue weighted by Crippen LogP contribution is -2.53. The van der Waals surface area contributed by atoms with Gasteiger partial charge >= 0.3 is 5.97 Å². The first-order valence-electron chi connectivity index (χ1n) is 9.92. The molecule has 2 unspecified atom stereocenters. The van der Waals surface area contributed by atoms with Crippen LogP contribution < -0.4 is 9.64 Å². The van der Waals surface area contributed by atoms with E-state index >= 15 is 0 Å². The highest BCUT2D eigenvalue weighted by Crippen LogP contribution is 2.57. The van der Waals surface area contributed by atoms with Gasteiger partial charge in [0.25, 0.3) is 0 Å². The molecule has 164 valence electrons. The maximum Gasteiger partial charge on any atom is 0.325 e. The number of aromatic amines is 1. The van der Waals surface area contributed by atoms with Gasteiger partial charge in [-0.1, -0.05) is 41.9 Å². The Labute approximate surface area is 193 Å². The molecule has 2 N–H and O–H groups in total. The van der Waals surface area contributed by atoms with Crippen molar-refractivity contribution in [3.05, 3.63) is 64.7 Å². The van der Waals surface area contributed by atoms with E-state index in [1.165, 1.54) is 12.0 Å². The molecule has 0 aliphatic carbocycles. The van der Waals surface area contributed by atoms with Crippen molar-refractivity contribution in [1.82, 2.24) is 10.2 Å². The third-order valence-electron chi connectivity index (χ3n) is 6.01. The van der Waals surface area contributed by atoms with Gasteiger partial charge in [0.2, 0.25) is 17.7 Å². The minimum atomic E-state index is -1.65. The first kappa shape index (κ1) is 20.7. The fourth-order valence-electron chi connectivity index (χ4n) is 4.60. The number of benzene rings is 2. The van der Waals surface area contributed by atoms with Gasteiger partial charge in [-0.25, -0.2) is 0 Å². The van der Waals surface area contributed by atoms with Gasteiger partial charge in [0.05, 0.1) is 24.4 Å². The van der Waals surface area contributed by atoms with Crippen LogP contribution in [0.5, 0.6) is 5.88 Å². The number of hydrogen-bond acceptors (Lipinski definition) is 7. The number of nitrogens with zero attached hydrogens (tertiary/aromatic N) is 3. The molecule has 3 aromatic rings. The number of carbonyl (C=O) groups is 2. The highest BCUT2D eigenvalue weighted by atomic mass is 35.5. The Kier molecular flexibility index (Phi) is 4.69. The number of esters is 1. The quantitative estimate of drug-likeness (QED) is 0.576. The van der Waals surface area contributed by atoms with Crippen LogP contribution in [-0.4, -0.2) is 41.6 Å². The fourth-order valence-corrected chi connectivity index (χ4v) is 4.73. The highest BCUT2D eigenvalue weighted by molar-refractivity contribution is 6.30. The zero-order valence-corrected chi connectivity index (χ0v) is 18.0. The number of nitriles is 1. The van der Waals surface area contributed by atoms with Crippen LogP contribution in [0.15, 0.2) is 48.5 Å². The zero-order valence-electron chi connectivity index (χ0n) is 17.3. The van der Waals surface area contributed by atoms with Crippen LogP contribution in [0.2, 0.25) is 5.02 Å². The van der Waals surface area contributed by atoms with E-state index in [0.29, 0.717) is 33.1 Å². The summed E-state index contributed by atoms with van der Waals surface area (Å²) in [6, 6.07) is 15.9. The number of methoxy groups -OCH3 is 1. The molecule has 2 aromatic carbocycles.